The zero-order valence-corrected chi connectivity index (χ0v) is 15.5. The van der Waals surface area contributed by atoms with Crippen LogP contribution in [0.5, 0.6) is 0 Å². The van der Waals surface area contributed by atoms with Crippen molar-refractivity contribution in [1.82, 2.24) is 20.0 Å². The second-order valence-electron chi connectivity index (χ2n) is 6.35. The maximum absolute atomic E-state index is 6.30. The minimum Gasteiger partial charge on any atom is -0.307 e. The van der Waals surface area contributed by atoms with Crippen LogP contribution in [0, 0.1) is 6.92 Å². The van der Waals surface area contributed by atoms with E-state index in [-0.39, 0.29) is 0 Å². The van der Waals surface area contributed by atoms with Crippen molar-refractivity contribution in [3.8, 4) is 0 Å². The summed E-state index contributed by atoms with van der Waals surface area (Å²) >= 11 is 6.30. The molecule has 23 heavy (non-hydrogen) atoms. The molecule has 0 fully saturated rings. The van der Waals surface area contributed by atoms with Crippen LogP contribution in [0.1, 0.15) is 36.4 Å². The summed E-state index contributed by atoms with van der Waals surface area (Å²) in [5.41, 5.74) is 4.59. The van der Waals surface area contributed by atoms with Gasteiger partial charge in [-0.05, 0) is 38.9 Å². The summed E-state index contributed by atoms with van der Waals surface area (Å²) in [7, 11) is 4.08. The molecule has 1 aromatic carbocycles. The van der Waals surface area contributed by atoms with Crippen LogP contribution in [0.25, 0.3) is 0 Å². The number of aromatic nitrogens is 2. The first kappa shape index (κ1) is 18.0. The van der Waals surface area contributed by atoms with E-state index in [1.165, 1.54) is 11.1 Å². The van der Waals surface area contributed by atoms with Gasteiger partial charge in [-0.1, -0.05) is 35.9 Å². The van der Waals surface area contributed by atoms with Crippen LogP contribution in [-0.2, 0) is 26.7 Å². The lowest BCUT2D eigenvalue weighted by Gasteiger charge is -2.22. The average Bonchev–Trinajstić information content (AvgIpc) is 2.76. The zero-order chi connectivity index (χ0) is 17.0. The molecule has 0 aliphatic carbocycles. The normalized spacial score (nSPS) is 11.7. The minimum atomic E-state index is 0.534. The van der Waals surface area contributed by atoms with E-state index in [1.807, 2.05) is 18.7 Å². The molecule has 2 aromatic rings. The molecule has 5 heteroatoms. The van der Waals surface area contributed by atoms with Gasteiger partial charge < -0.3 is 5.32 Å². The molecule has 126 valence electrons. The molecule has 0 amide bonds. The van der Waals surface area contributed by atoms with Crippen LogP contribution in [0.4, 0.5) is 0 Å². The van der Waals surface area contributed by atoms with Gasteiger partial charge in [0.25, 0.3) is 0 Å². The van der Waals surface area contributed by atoms with Gasteiger partial charge in [-0.3, -0.25) is 9.58 Å². The van der Waals surface area contributed by atoms with E-state index >= 15 is 0 Å². The van der Waals surface area contributed by atoms with Gasteiger partial charge in [0.05, 0.1) is 16.4 Å². The highest BCUT2D eigenvalue weighted by Crippen LogP contribution is 2.19. The smallest absolute Gasteiger partial charge is 0.0951 e. The van der Waals surface area contributed by atoms with E-state index in [1.54, 1.807) is 0 Å². The minimum absolute atomic E-state index is 0.534. The second kappa shape index (κ2) is 7.95. The van der Waals surface area contributed by atoms with Gasteiger partial charge in [0, 0.05) is 32.7 Å². The summed E-state index contributed by atoms with van der Waals surface area (Å²) < 4.78 is 1.82. The Morgan fingerprint density at radius 3 is 2.43 bits per heavy atom. The van der Waals surface area contributed by atoms with Crippen LogP contribution in [-0.4, -0.2) is 27.8 Å². The number of aryl methyl sites for hydroxylation is 1. The second-order valence-corrected chi connectivity index (χ2v) is 6.73. The Kier molecular flexibility index (Phi) is 6.22. The zero-order valence-electron chi connectivity index (χ0n) is 14.7. The number of hydrogen-bond acceptors (Lipinski definition) is 3. The quantitative estimate of drug-likeness (QED) is 0.841. The van der Waals surface area contributed by atoms with E-state index in [2.05, 4.69) is 60.5 Å². The van der Waals surface area contributed by atoms with Crippen LogP contribution in [0.15, 0.2) is 24.3 Å². The molecule has 1 N–H and O–H groups in total. The van der Waals surface area contributed by atoms with Crippen LogP contribution in [0.2, 0.25) is 5.02 Å². The number of halogens is 1. The van der Waals surface area contributed by atoms with Gasteiger partial charge >= 0.3 is 0 Å². The summed E-state index contributed by atoms with van der Waals surface area (Å²) in [6.45, 7) is 8.86. The summed E-state index contributed by atoms with van der Waals surface area (Å²) in [5, 5.41) is 8.67. The van der Waals surface area contributed by atoms with Crippen LogP contribution >= 0.6 is 11.6 Å². The van der Waals surface area contributed by atoms with Crippen molar-refractivity contribution in [2.45, 2.75) is 46.4 Å². The van der Waals surface area contributed by atoms with Gasteiger partial charge in [-0.2, -0.15) is 5.10 Å². The third-order valence-electron chi connectivity index (χ3n) is 4.35. The van der Waals surface area contributed by atoms with Crippen molar-refractivity contribution in [2.24, 2.45) is 7.05 Å². The van der Waals surface area contributed by atoms with Crippen LogP contribution < -0.4 is 5.32 Å². The molecule has 0 saturated heterocycles. The molecule has 0 radical (unpaired) electrons. The fourth-order valence-electron chi connectivity index (χ4n) is 2.41. The first-order chi connectivity index (χ1) is 10.9. The highest BCUT2D eigenvalue weighted by molar-refractivity contribution is 6.31. The third-order valence-corrected chi connectivity index (χ3v) is 4.85. The van der Waals surface area contributed by atoms with Gasteiger partial charge in [-0.15, -0.1) is 0 Å². The molecule has 1 aromatic heterocycles. The Morgan fingerprint density at radius 1 is 1.22 bits per heavy atom. The summed E-state index contributed by atoms with van der Waals surface area (Å²) in [6, 6.07) is 9.11. The maximum atomic E-state index is 6.30. The molecule has 0 aliphatic heterocycles. The fraction of sp³-hybridized carbons (Fsp3) is 0.500. The first-order valence-corrected chi connectivity index (χ1v) is 8.43. The Bertz CT molecular complexity index is 648. The van der Waals surface area contributed by atoms with Crippen molar-refractivity contribution in [1.29, 1.82) is 0 Å². The van der Waals surface area contributed by atoms with Crippen molar-refractivity contribution < 1.29 is 0 Å². The molecule has 0 bridgehead atoms. The molecular formula is C18H27ClN4. The Morgan fingerprint density at radius 2 is 1.87 bits per heavy atom. The SMILES string of the molecule is Cc1c(Cl)c(CNCc2ccccc2CN(C)C(C)C)nn1C. The molecular weight excluding hydrogens is 308 g/mol. The third kappa shape index (κ3) is 4.56. The van der Waals surface area contributed by atoms with E-state index in [4.69, 9.17) is 11.6 Å². The number of hydrogen-bond donors (Lipinski definition) is 1. The van der Waals surface area contributed by atoms with Gasteiger partial charge in [0.1, 0.15) is 0 Å². The van der Waals surface area contributed by atoms with Crippen LogP contribution in [0.3, 0.4) is 0 Å². The fourth-order valence-corrected chi connectivity index (χ4v) is 2.64. The van der Waals surface area contributed by atoms with E-state index < -0.39 is 0 Å². The summed E-state index contributed by atoms with van der Waals surface area (Å²) in [5.74, 6) is 0. The molecule has 1 heterocycles. The van der Waals surface area contributed by atoms with E-state index in [0.29, 0.717) is 12.6 Å². The molecule has 0 atom stereocenters. The van der Waals surface area contributed by atoms with Crippen molar-refractivity contribution in [2.75, 3.05) is 7.05 Å². The largest absolute Gasteiger partial charge is 0.307 e. The highest BCUT2D eigenvalue weighted by Gasteiger charge is 2.11. The topological polar surface area (TPSA) is 33.1 Å². The predicted molar refractivity (Wildman–Crippen MR) is 96.5 cm³/mol. The Hall–Kier alpha value is -1.36. The standard InChI is InChI=1S/C18H27ClN4/c1-13(2)22(4)12-16-9-7-6-8-15(16)10-20-11-17-18(19)14(3)23(5)21-17/h6-9,13,20H,10-12H2,1-5H3. The first-order valence-electron chi connectivity index (χ1n) is 8.05. The summed E-state index contributed by atoms with van der Waals surface area (Å²) in [4.78, 5) is 2.35. The number of nitrogens with one attached hydrogen (secondary N) is 1. The maximum Gasteiger partial charge on any atom is 0.0951 e. The lowest BCUT2D eigenvalue weighted by atomic mass is 10.1. The summed E-state index contributed by atoms with van der Waals surface area (Å²) in [6.07, 6.45) is 0. The number of rotatable bonds is 7. The molecule has 0 saturated carbocycles. The average molecular weight is 335 g/mol. The monoisotopic (exact) mass is 334 g/mol. The molecule has 2 rings (SSSR count). The Labute approximate surface area is 144 Å². The molecule has 0 aliphatic rings. The number of benzene rings is 1. The highest BCUT2D eigenvalue weighted by atomic mass is 35.5. The number of nitrogens with zero attached hydrogens (tertiary/aromatic N) is 3. The van der Waals surface area contributed by atoms with E-state index in [9.17, 15) is 0 Å². The molecule has 0 unspecified atom stereocenters. The van der Waals surface area contributed by atoms with Crippen molar-refractivity contribution in [3.63, 3.8) is 0 Å². The molecule has 0 spiro atoms. The van der Waals surface area contributed by atoms with Gasteiger partial charge in [-0.25, -0.2) is 0 Å². The predicted octanol–water partition coefficient (Wildman–Crippen LogP) is 3.51. The van der Waals surface area contributed by atoms with Gasteiger partial charge in [0.15, 0.2) is 0 Å². The Balaban J connectivity index is 1.99. The van der Waals surface area contributed by atoms with Gasteiger partial charge in [0.2, 0.25) is 0 Å². The van der Waals surface area contributed by atoms with Crippen molar-refractivity contribution >= 4 is 11.6 Å². The lowest BCUT2D eigenvalue weighted by molar-refractivity contribution is 0.265. The lowest BCUT2D eigenvalue weighted by Crippen LogP contribution is -2.26. The molecule has 4 nitrogen and oxygen atoms in total. The van der Waals surface area contributed by atoms with E-state index in [0.717, 1.165) is 29.5 Å². The van der Waals surface area contributed by atoms with Crippen molar-refractivity contribution in [3.05, 3.63) is 51.8 Å².